The van der Waals surface area contributed by atoms with Gasteiger partial charge >= 0.3 is 0 Å². The molecule has 0 bridgehead atoms. The van der Waals surface area contributed by atoms with Gasteiger partial charge in [-0.25, -0.2) is 0 Å². The van der Waals surface area contributed by atoms with Gasteiger partial charge in [-0.1, -0.05) is 6.07 Å². The number of anilines is 1. The highest BCUT2D eigenvalue weighted by Crippen LogP contribution is 2.27. The Morgan fingerprint density at radius 1 is 1.04 bits per heavy atom. The van der Waals surface area contributed by atoms with E-state index in [1.807, 2.05) is 13.0 Å². The first-order valence-electron chi connectivity index (χ1n) is 8.42. The highest BCUT2D eigenvalue weighted by molar-refractivity contribution is 5.96. The molecule has 2 rings (SSSR count). The van der Waals surface area contributed by atoms with E-state index < -0.39 is 0 Å². The van der Waals surface area contributed by atoms with Gasteiger partial charge in [0.2, 0.25) is 0 Å². The average Bonchev–Trinajstić information content (AvgIpc) is 2.65. The number of aryl methyl sites for hydroxylation is 1. The van der Waals surface area contributed by atoms with E-state index in [1.54, 1.807) is 56.5 Å². The zero-order chi connectivity index (χ0) is 19.1. The maximum Gasteiger partial charge on any atom is 0.253 e. The van der Waals surface area contributed by atoms with Crippen molar-refractivity contribution in [3.05, 3.63) is 47.5 Å². The lowest BCUT2D eigenvalue weighted by Gasteiger charge is -2.19. The number of benzene rings is 2. The molecule has 0 radical (unpaired) electrons. The number of amides is 1. The van der Waals surface area contributed by atoms with E-state index in [4.69, 9.17) is 19.9 Å². The lowest BCUT2D eigenvalue weighted by atomic mass is 10.1. The molecule has 0 aromatic heterocycles. The molecule has 148 valence electrons. The summed E-state index contributed by atoms with van der Waals surface area (Å²) in [4.78, 5) is 14.2. The van der Waals surface area contributed by atoms with Gasteiger partial charge in [0, 0.05) is 43.0 Å². The minimum atomic E-state index is -0.0437. The van der Waals surface area contributed by atoms with Gasteiger partial charge in [0.15, 0.2) is 0 Å². The van der Waals surface area contributed by atoms with Crippen LogP contribution < -0.4 is 19.9 Å². The van der Waals surface area contributed by atoms with Crippen molar-refractivity contribution in [3.63, 3.8) is 0 Å². The van der Waals surface area contributed by atoms with Crippen LogP contribution in [-0.2, 0) is 0 Å². The number of halogens is 1. The number of carbonyl (C=O) groups is 1. The number of hydrogen-bond donors (Lipinski definition) is 1. The summed E-state index contributed by atoms with van der Waals surface area (Å²) in [5.41, 5.74) is 7.92. The van der Waals surface area contributed by atoms with Crippen molar-refractivity contribution in [3.8, 4) is 17.2 Å². The Morgan fingerprint density at radius 3 is 2.22 bits per heavy atom. The maximum atomic E-state index is 12.5. The summed E-state index contributed by atoms with van der Waals surface area (Å²) in [5.74, 6) is 1.97. The number of hydrogen-bond acceptors (Lipinski definition) is 5. The SMILES string of the molecule is COc1cc(OC)cc(OCCCN(C)C(=O)c2cc(N)ccc2C)c1.Cl. The molecule has 0 aliphatic rings. The normalized spacial score (nSPS) is 9.93. The van der Waals surface area contributed by atoms with Gasteiger partial charge in [-0.3, -0.25) is 4.79 Å². The standard InChI is InChI=1S/C20H26N2O4.ClH/c1-14-6-7-15(21)10-19(14)20(23)22(2)8-5-9-26-18-12-16(24-3)11-17(13-18)25-4;/h6-7,10-13H,5,8-9,21H2,1-4H3;1H. The summed E-state index contributed by atoms with van der Waals surface area (Å²) in [7, 11) is 4.97. The fourth-order valence-electron chi connectivity index (χ4n) is 2.53. The molecule has 2 aromatic carbocycles. The first-order valence-corrected chi connectivity index (χ1v) is 8.42. The van der Waals surface area contributed by atoms with Crippen LogP contribution in [0.3, 0.4) is 0 Å². The van der Waals surface area contributed by atoms with Crippen LogP contribution in [0.4, 0.5) is 5.69 Å². The van der Waals surface area contributed by atoms with E-state index >= 15 is 0 Å². The summed E-state index contributed by atoms with van der Waals surface area (Å²) in [6, 6.07) is 10.7. The van der Waals surface area contributed by atoms with Gasteiger partial charge in [0.1, 0.15) is 17.2 Å². The molecular formula is C20H27ClN2O4. The van der Waals surface area contributed by atoms with Crippen LogP contribution in [0, 0.1) is 6.92 Å². The molecule has 7 heteroatoms. The third-order valence-electron chi connectivity index (χ3n) is 4.07. The molecule has 0 heterocycles. The molecule has 0 saturated carbocycles. The largest absolute Gasteiger partial charge is 0.496 e. The van der Waals surface area contributed by atoms with Gasteiger partial charge in [-0.2, -0.15) is 0 Å². The van der Waals surface area contributed by atoms with Crippen LogP contribution in [0.5, 0.6) is 17.2 Å². The zero-order valence-corrected chi connectivity index (χ0v) is 17.0. The van der Waals surface area contributed by atoms with Crippen LogP contribution in [0.1, 0.15) is 22.3 Å². The van der Waals surface area contributed by atoms with E-state index in [9.17, 15) is 4.79 Å². The second-order valence-electron chi connectivity index (χ2n) is 6.05. The van der Waals surface area contributed by atoms with E-state index in [0.29, 0.717) is 48.1 Å². The Hall–Kier alpha value is -2.60. The number of nitrogens with two attached hydrogens (primary N) is 1. The van der Waals surface area contributed by atoms with Crippen LogP contribution in [0.25, 0.3) is 0 Å². The molecule has 1 amide bonds. The fourth-order valence-corrected chi connectivity index (χ4v) is 2.53. The fraction of sp³-hybridized carbons (Fsp3) is 0.350. The van der Waals surface area contributed by atoms with E-state index in [2.05, 4.69) is 0 Å². The van der Waals surface area contributed by atoms with Crippen LogP contribution in [0.2, 0.25) is 0 Å². The van der Waals surface area contributed by atoms with Gasteiger partial charge in [0.25, 0.3) is 5.91 Å². The van der Waals surface area contributed by atoms with E-state index in [0.717, 1.165) is 5.56 Å². The highest BCUT2D eigenvalue weighted by atomic mass is 35.5. The zero-order valence-electron chi connectivity index (χ0n) is 16.2. The Labute approximate surface area is 166 Å². The summed E-state index contributed by atoms with van der Waals surface area (Å²) < 4.78 is 16.2. The third-order valence-corrected chi connectivity index (χ3v) is 4.07. The van der Waals surface area contributed by atoms with Crippen molar-refractivity contribution >= 4 is 24.0 Å². The predicted octanol–water partition coefficient (Wildman–Crippen LogP) is 3.56. The van der Waals surface area contributed by atoms with Gasteiger partial charge in [-0.15, -0.1) is 12.4 Å². The second kappa shape index (κ2) is 10.5. The summed E-state index contributed by atoms with van der Waals surface area (Å²) >= 11 is 0. The Kier molecular flexibility index (Phi) is 8.75. The van der Waals surface area contributed by atoms with E-state index in [1.165, 1.54) is 0 Å². The van der Waals surface area contributed by atoms with Crippen LogP contribution in [-0.4, -0.2) is 45.2 Å². The minimum absolute atomic E-state index is 0. The molecule has 2 N–H and O–H groups in total. The van der Waals surface area contributed by atoms with Gasteiger partial charge in [-0.05, 0) is 31.0 Å². The first-order chi connectivity index (χ1) is 12.4. The molecule has 0 aliphatic heterocycles. The highest BCUT2D eigenvalue weighted by Gasteiger charge is 2.14. The van der Waals surface area contributed by atoms with Gasteiger partial charge < -0.3 is 24.8 Å². The number of nitrogens with zero attached hydrogens (tertiary/aromatic N) is 1. The Morgan fingerprint density at radius 2 is 1.63 bits per heavy atom. The van der Waals surface area contributed by atoms with Gasteiger partial charge in [0.05, 0.1) is 20.8 Å². The Bertz CT molecular complexity index is 745. The van der Waals surface area contributed by atoms with Crippen LogP contribution in [0.15, 0.2) is 36.4 Å². The topological polar surface area (TPSA) is 74.0 Å². The number of carbonyl (C=O) groups excluding carboxylic acids is 1. The number of methoxy groups -OCH3 is 2. The monoisotopic (exact) mass is 394 g/mol. The second-order valence-corrected chi connectivity index (χ2v) is 6.05. The number of rotatable bonds is 8. The molecular weight excluding hydrogens is 368 g/mol. The van der Waals surface area contributed by atoms with Crippen molar-refractivity contribution < 1.29 is 19.0 Å². The first kappa shape index (κ1) is 22.4. The van der Waals surface area contributed by atoms with Crippen molar-refractivity contribution in [2.24, 2.45) is 0 Å². The maximum absolute atomic E-state index is 12.5. The number of nitrogen functional groups attached to an aromatic ring is 1. The van der Waals surface area contributed by atoms with Crippen LogP contribution >= 0.6 is 12.4 Å². The van der Waals surface area contributed by atoms with Crippen molar-refractivity contribution in [2.45, 2.75) is 13.3 Å². The molecule has 0 atom stereocenters. The smallest absolute Gasteiger partial charge is 0.253 e. The summed E-state index contributed by atoms with van der Waals surface area (Å²) in [5, 5.41) is 0. The lowest BCUT2D eigenvalue weighted by Crippen LogP contribution is -2.29. The molecule has 0 spiro atoms. The summed E-state index contributed by atoms with van der Waals surface area (Å²) in [6.45, 7) is 2.96. The molecule has 0 aliphatic carbocycles. The Balaban J connectivity index is 0.00000364. The lowest BCUT2D eigenvalue weighted by molar-refractivity contribution is 0.0787. The third kappa shape index (κ3) is 6.25. The van der Waals surface area contributed by atoms with Crippen molar-refractivity contribution in [2.75, 3.05) is 40.2 Å². The molecule has 6 nitrogen and oxygen atoms in total. The quantitative estimate of drug-likeness (QED) is 0.547. The van der Waals surface area contributed by atoms with Crippen molar-refractivity contribution in [1.29, 1.82) is 0 Å². The van der Waals surface area contributed by atoms with Crippen molar-refractivity contribution in [1.82, 2.24) is 4.90 Å². The molecule has 27 heavy (non-hydrogen) atoms. The molecule has 0 saturated heterocycles. The molecule has 0 fully saturated rings. The number of ether oxygens (including phenoxy) is 3. The predicted molar refractivity (Wildman–Crippen MR) is 109 cm³/mol. The minimum Gasteiger partial charge on any atom is -0.496 e. The van der Waals surface area contributed by atoms with E-state index in [-0.39, 0.29) is 18.3 Å². The summed E-state index contributed by atoms with van der Waals surface area (Å²) in [6.07, 6.45) is 0.698. The average molecular weight is 395 g/mol. The molecule has 0 unspecified atom stereocenters. The molecule has 2 aromatic rings.